The van der Waals surface area contributed by atoms with Crippen LogP contribution in [0.5, 0.6) is 0 Å². The Labute approximate surface area is 92.3 Å². The van der Waals surface area contributed by atoms with E-state index in [-0.39, 0.29) is 12.6 Å². The maximum absolute atomic E-state index is 8.81. The Kier molecular flexibility index (Phi) is 23.8. The Morgan fingerprint density at radius 1 is 1.13 bits per heavy atom. The predicted molar refractivity (Wildman–Crippen MR) is 65.3 cm³/mol. The van der Waals surface area contributed by atoms with E-state index < -0.39 is 0 Å². The number of carbonyl (C=O) groups excluding carboxylic acids is 2. The Hall–Kier alpha value is -1.29. The Morgan fingerprint density at radius 3 is 1.53 bits per heavy atom. The molecule has 0 aliphatic rings. The van der Waals surface area contributed by atoms with Gasteiger partial charge in [-0.05, 0) is 19.9 Å². The van der Waals surface area contributed by atoms with E-state index in [1.807, 2.05) is 27.7 Å². The van der Waals surface area contributed by atoms with Gasteiger partial charge in [0.05, 0.1) is 0 Å². The lowest BCUT2D eigenvalue weighted by Crippen LogP contribution is -2.06. The van der Waals surface area contributed by atoms with Gasteiger partial charge in [-0.25, -0.2) is 0 Å². The minimum Gasteiger partial charge on any atom is -0.328 e. The minimum absolute atomic E-state index is 0.194. The van der Waals surface area contributed by atoms with E-state index >= 15 is 0 Å². The fourth-order valence-corrected chi connectivity index (χ4v) is 0.233. The third-order valence-electron chi connectivity index (χ3n) is 0.545. The van der Waals surface area contributed by atoms with E-state index in [1.165, 1.54) is 0 Å². The van der Waals surface area contributed by atoms with E-state index in [2.05, 4.69) is 11.6 Å². The van der Waals surface area contributed by atoms with Crippen molar-refractivity contribution in [3.8, 4) is 0 Å². The molecule has 0 amide bonds. The van der Waals surface area contributed by atoms with Gasteiger partial charge in [0.15, 0.2) is 12.6 Å². The molecular formula is C11H22N2O2. The highest BCUT2D eigenvalue weighted by molar-refractivity contribution is 6.09. The second-order valence-corrected chi connectivity index (χ2v) is 3.14. The standard InChI is InChI=1S/C6H11N.C3H9N.C2H2O2/c1-4-5-7-6(2)3;1-3(2)4;3-1-2-4/h4-6H,1H2,2-3H3;3H,4H2,1-2H3;1-2H. The quantitative estimate of drug-likeness (QED) is 0.438. The molecule has 4 nitrogen and oxygen atoms in total. The van der Waals surface area contributed by atoms with Crippen molar-refractivity contribution < 1.29 is 9.59 Å². The molecule has 0 rings (SSSR count). The largest absolute Gasteiger partial charge is 0.328 e. The summed E-state index contributed by atoms with van der Waals surface area (Å²) < 4.78 is 0. The van der Waals surface area contributed by atoms with Gasteiger partial charge < -0.3 is 5.73 Å². The molecular weight excluding hydrogens is 192 g/mol. The number of nitrogens with zero attached hydrogens (tertiary/aromatic N) is 1. The lowest BCUT2D eigenvalue weighted by Gasteiger charge is -1.88. The minimum atomic E-state index is 0.194. The van der Waals surface area contributed by atoms with Crippen LogP contribution in [0.2, 0.25) is 0 Å². The highest BCUT2D eigenvalue weighted by atomic mass is 16.2. The number of aldehydes is 2. The van der Waals surface area contributed by atoms with Crippen molar-refractivity contribution in [2.24, 2.45) is 10.7 Å². The maximum atomic E-state index is 8.81. The van der Waals surface area contributed by atoms with Crippen molar-refractivity contribution in [3.63, 3.8) is 0 Å². The van der Waals surface area contributed by atoms with E-state index in [0.717, 1.165) is 0 Å². The number of nitrogens with two attached hydrogens (primary N) is 1. The third-order valence-corrected chi connectivity index (χ3v) is 0.545. The summed E-state index contributed by atoms with van der Waals surface area (Å²) in [6, 6.07) is 0.734. The second-order valence-electron chi connectivity index (χ2n) is 3.14. The smallest absolute Gasteiger partial charge is 0.182 e. The fourth-order valence-electron chi connectivity index (χ4n) is 0.233. The molecule has 0 unspecified atom stereocenters. The molecule has 0 atom stereocenters. The molecule has 0 heterocycles. The molecule has 0 aromatic carbocycles. The maximum Gasteiger partial charge on any atom is 0.182 e. The Balaban J connectivity index is -0.000000155. The molecule has 0 saturated heterocycles. The number of hydrogen-bond donors (Lipinski definition) is 1. The highest BCUT2D eigenvalue weighted by Crippen LogP contribution is 1.81. The Bertz CT molecular complexity index is 167. The molecule has 0 bridgehead atoms. The van der Waals surface area contributed by atoms with Crippen LogP contribution in [0.4, 0.5) is 0 Å². The Morgan fingerprint density at radius 2 is 1.47 bits per heavy atom. The van der Waals surface area contributed by atoms with Crippen LogP contribution in [-0.2, 0) is 9.59 Å². The van der Waals surface area contributed by atoms with Gasteiger partial charge >= 0.3 is 0 Å². The first-order valence-corrected chi connectivity index (χ1v) is 4.71. The van der Waals surface area contributed by atoms with Gasteiger partial charge in [0.25, 0.3) is 0 Å². The van der Waals surface area contributed by atoms with E-state index in [9.17, 15) is 0 Å². The monoisotopic (exact) mass is 214 g/mol. The number of hydrogen-bond acceptors (Lipinski definition) is 4. The van der Waals surface area contributed by atoms with Crippen LogP contribution in [0.3, 0.4) is 0 Å². The summed E-state index contributed by atoms with van der Waals surface area (Å²) in [7, 11) is 0. The molecule has 0 spiro atoms. The molecule has 0 radical (unpaired) electrons. The number of carbonyl (C=O) groups is 2. The van der Waals surface area contributed by atoms with Gasteiger partial charge in [-0.3, -0.25) is 14.6 Å². The molecule has 88 valence electrons. The van der Waals surface area contributed by atoms with Crippen LogP contribution in [0.15, 0.2) is 17.6 Å². The van der Waals surface area contributed by atoms with Crippen molar-refractivity contribution in [1.29, 1.82) is 0 Å². The van der Waals surface area contributed by atoms with Crippen LogP contribution in [0.1, 0.15) is 27.7 Å². The molecule has 0 aromatic heterocycles. The van der Waals surface area contributed by atoms with E-state index in [0.29, 0.717) is 12.1 Å². The van der Waals surface area contributed by atoms with E-state index in [1.54, 1.807) is 12.3 Å². The lowest BCUT2D eigenvalue weighted by molar-refractivity contribution is -0.122. The first-order chi connectivity index (χ1) is 6.92. The zero-order valence-electron chi connectivity index (χ0n) is 10.0. The second kappa shape index (κ2) is 18.5. The van der Waals surface area contributed by atoms with Crippen LogP contribution in [-0.4, -0.2) is 30.9 Å². The molecule has 4 heteroatoms. The fraction of sp³-hybridized carbons (Fsp3) is 0.545. The molecule has 0 aliphatic carbocycles. The summed E-state index contributed by atoms with van der Waals surface area (Å²) in [5.41, 5.74) is 5.11. The van der Waals surface area contributed by atoms with Gasteiger partial charge in [0, 0.05) is 12.3 Å². The summed E-state index contributed by atoms with van der Waals surface area (Å²) in [6.07, 6.45) is 3.78. The highest BCUT2D eigenvalue weighted by Gasteiger charge is 1.77. The first kappa shape index (κ1) is 19.3. The van der Waals surface area contributed by atoms with Crippen molar-refractivity contribution in [2.75, 3.05) is 0 Å². The number of rotatable bonds is 3. The van der Waals surface area contributed by atoms with Gasteiger partial charge in [0.2, 0.25) is 0 Å². The predicted octanol–water partition coefficient (Wildman–Crippen LogP) is 1.39. The SMILES string of the molecule is C=CC=NC(C)C.CC(C)N.O=CC=O. The number of aliphatic imine (C=N–C) groups is 1. The normalized spacial score (nSPS) is 8.73. The third kappa shape index (κ3) is 106. The van der Waals surface area contributed by atoms with Crippen molar-refractivity contribution in [3.05, 3.63) is 12.7 Å². The molecule has 2 N–H and O–H groups in total. The molecule has 0 aliphatic heterocycles. The zero-order valence-corrected chi connectivity index (χ0v) is 10.0. The topological polar surface area (TPSA) is 72.5 Å². The van der Waals surface area contributed by atoms with Crippen molar-refractivity contribution in [1.82, 2.24) is 0 Å². The lowest BCUT2D eigenvalue weighted by atomic mass is 10.4. The van der Waals surface area contributed by atoms with Crippen LogP contribution < -0.4 is 5.73 Å². The molecule has 0 fully saturated rings. The first-order valence-electron chi connectivity index (χ1n) is 4.71. The molecule has 15 heavy (non-hydrogen) atoms. The summed E-state index contributed by atoms with van der Waals surface area (Å²) in [4.78, 5) is 21.6. The van der Waals surface area contributed by atoms with Crippen molar-refractivity contribution >= 4 is 18.8 Å². The van der Waals surface area contributed by atoms with Gasteiger partial charge in [-0.2, -0.15) is 0 Å². The molecule has 0 saturated carbocycles. The molecule has 0 aromatic rings. The summed E-state index contributed by atoms with van der Waals surface area (Å²) in [6.45, 7) is 11.4. The van der Waals surface area contributed by atoms with Gasteiger partial charge in [0.1, 0.15) is 0 Å². The summed E-state index contributed by atoms with van der Waals surface area (Å²) in [5.74, 6) is 0. The van der Waals surface area contributed by atoms with Gasteiger partial charge in [-0.15, -0.1) is 0 Å². The zero-order chi connectivity index (χ0) is 12.7. The average Bonchev–Trinajstić information content (AvgIpc) is 2.14. The van der Waals surface area contributed by atoms with Gasteiger partial charge in [-0.1, -0.05) is 26.5 Å². The van der Waals surface area contributed by atoms with Crippen LogP contribution in [0, 0.1) is 0 Å². The average molecular weight is 214 g/mol. The van der Waals surface area contributed by atoms with Crippen LogP contribution >= 0.6 is 0 Å². The number of allylic oxidation sites excluding steroid dienone is 1. The van der Waals surface area contributed by atoms with Crippen molar-refractivity contribution in [2.45, 2.75) is 39.8 Å². The summed E-state index contributed by atoms with van der Waals surface area (Å²) in [5, 5.41) is 0. The van der Waals surface area contributed by atoms with Crippen LogP contribution in [0.25, 0.3) is 0 Å². The summed E-state index contributed by atoms with van der Waals surface area (Å²) >= 11 is 0. The van der Waals surface area contributed by atoms with E-state index in [4.69, 9.17) is 15.3 Å².